The highest BCUT2D eigenvalue weighted by Crippen LogP contribution is 2.10. The number of carbonyl (C=O) groups excluding carboxylic acids is 1. The summed E-state index contributed by atoms with van der Waals surface area (Å²) >= 11 is 0. The zero-order valence-electron chi connectivity index (χ0n) is 13.3. The Morgan fingerprint density at radius 3 is 2.70 bits per heavy atom. The quantitative estimate of drug-likeness (QED) is 0.811. The van der Waals surface area contributed by atoms with Crippen LogP contribution in [0, 0.1) is 0 Å². The molecule has 1 fully saturated rings. The molecule has 0 radical (unpaired) electrons. The summed E-state index contributed by atoms with van der Waals surface area (Å²) in [5, 5.41) is 4.13. The number of methoxy groups -OCH3 is 1. The van der Waals surface area contributed by atoms with Crippen molar-refractivity contribution < 1.29 is 9.53 Å². The van der Waals surface area contributed by atoms with Crippen LogP contribution in [-0.4, -0.2) is 76.9 Å². The van der Waals surface area contributed by atoms with Gasteiger partial charge in [0, 0.05) is 58.4 Å². The Morgan fingerprint density at radius 2 is 2.09 bits per heavy atom. The van der Waals surface area contributed by atoms with Crippen LogP contribution >= 0.6 is 0 Å². The highest BCUT2D eigenvalue weighted by Gasteiger charge is 2.22. The number of nitrogens with zero attached hydrogens (tertiary/aromatic N) is 5. The standard InChI is InChI=1S/C16H21N5O2/c1-23-12-11-19-7-9-20(10-8-19)16(22)14-3-4-15(17-13-14)21-6-2-5-18-21/h2-6,13H,7-12H2,1H3. The van der Waals surface area contributed by atoms with Crippen LogP contribution in [0.25, 0.3) is 5.82 Å². The maximum Gasteiger partial charge on any atom is 0.255 e. The Labute approximate surface area is 135 Å². The van der Waals surface area contributed by atoms with Gasteiger partial charge in [0.1, 0.15) is 0 Å². The minimum absolute atomic E-state index is 0.0379. The van der Waals surface area contributed by atoms with E-state index in [9.17, 15) is 4.79 Å². The van der Waals surface area contributed by atoms with E-state index < -0.39 is 0 Å². The number of carbonyl (C=O) groups is 1. The molecule has 0 bridgehead atoms. The molecule has 122 valence electrons. The average Bonchev–Trinajstić information content (AvgIpc) is 3.14. The van der Waals surface area contributed by atoms with Crippen LogP contribution in [0.3, 0.4) is 0 Å². The second-order valence-electron chi connectivity index (χ2n) is 5.48. The molecule has 7 heteroatoms. The minimum atomic E-state index is 0.0379. The number of aromatic nitrogens is 3. The van der Waals surface area contributed by atoms with Gasteiger partial charge in [-0.3, -0.25) is 9.69 Å². The molecule has 3 rings (SSSR count). The fourth-order valence-electron chi connectivity index (χ4n) is 2.63. The average molecular weight is 315 g/mol. The van der Waals surface area contributed by atoms with Gasteiger partial charge in [0.05, 0.1) is 12.2 Å². The predicted octanol–water partition coefficient (Wildman–Crippen LogP) is 0.671. The van der Waals surface area contributed by atoms with Crippen molar-refractivity contribution in [1.82, 2.24) is 24.6 Å². The van der Waals surface area contributed by atoms with Crippen molar-refractivity contribution in [2.24, 2.45) is 0 Å². The molecule has 0 aliphatic carbocycles. The lowest BCUT2D eigenvalue weighted by molar-refractivity contribution is 0.0594. The van der Waals surface area contributed by atoms with E-state index in [0.717, 1.165) is 39.3 Å². The van der Waals surface area contributed by atoms with Crippen molar-refractivity contribution >= 4 is 5.91 Å². The third-order valence-electron chi connectivity index (χ3n) is 4.01. The first kappa shape index (κ1) is 15.6. The Morgan fingerprint density at radius 1 is 1.26 bits per heavy atom. The molecule has 1 amide bonds. The van der Waals surface area contributed by atoms with Gasteiger partial charge in [0.25, 0.3) is 5.91 Å². The van der Waals surface area contributed by atoms with Gasteiger partial charge in [-0.05, 0) is 18.2 Å². The first-order chi connectivity index (χ1) is 11.3. The van der Waals surface area contributed by atoms with Crippen molar-refractivity contribution in [2.45, 2.75) is 0 Å². The molecule has 0 spiro atoms. The molecular formula is C16H21N5O2. The second-order valence-corrected chi connectivity index (χ2v) is 5.48. The fraction of sp³-hybridized carbons (Fsp3) is 0.438. The molecule has 1 aliphatic heterocycles. The Balaban J connectivity index is 1.58. The molecule has 0 aromatic carbocycles. The van der Waals surface area contributed by atoms with Gasteiger partial charge in [-0.15, -0.1) is 0 Å². The molecule has 0 N–H and O–H groups in total. The number of rotatable bonds is 5. The summed E-state index contributed by atoms with van der Waals surface area (Å²) in [7, 11) is 1.71. The number of amides is 1. The van der Waals surface area contributed by atoms with E-state index in [1.807, 2.05) is 29.3 Å². The smallest absolute Gasteiger partial charge is 0.255 e. The molecule has 0 unspecified atom stereocenters. The van der Waals surface area contributed by atoms with E-state index in [1.165, 1.54) is 0 Å². The molecule has 0 saturated carbocycles. The van der Waals surface area contributed by atoms with Crippen LogP contribution in [0.1, 0.15) is 10.4 Å². The predicted molar refractivity (Wildman–Crippen MR) is 85.6 cm³/mol. The fourth-order valence-corrected chi connectivity index (χ4v) is 2.63. The highest BCUT2D eigenvalue weighted by molar-refractivity contribution is 5.94. The number of pyridine rings is 1. The normalized spacial score (nSPS) is 15.8. The molecule has 1 aliphatic rings. The third-order valence-corrected chi connectivity index (χ3v) is 4.01. The van der Waals surface area contributed by atoms with E-state index in [0.29, 0.717) is 11.4 Å². The molecule has 3 heterocycles. The zero-order valence-corrected chi connectivity index (χ0v) is 13.3. The summed E-state index contributed by atoms with van der Waals surface area (Å²) in [4.78, 5) is 21.1. The van der Waals surface area contributed by atoms with Gasteiger partial charge >= 0.3 is 0 Å². The van der Waals surface area contributed by atoms with Gasteiger partial charge in [-0.2, -0.15) is 5.10 Å². The van der Waals surface area contributed by atoms with Crippen LogP contribution in [0.2, 0.25) is 0 Å². The SMILES string of the molecule is COCCN1CCN(C(=O)c2ccc(-n3cccn3)nc2)CC1. The first-order valence-corrected chi connectivity index (χ1v) is 7.74. The van der Waals surface area contributed by atoms with Crippen LogP contribution in [0.4, 0.5) is 0 Å². The van der Waals surface area contributed by atoms with Gasteiger partial charge in [-0.1, -0.05) is 0 Å². The monoisotopic (exact) mass is 315 g/mol. The van der Waals surface area contributed by atoms with Crippen LogP contribution in [0.5, 0.6) is 0 Å². The van der Waals surface area contributed by atoms with Crippen molar-refractivity contribution in [3.63, 3.8) is 0 Å². The van der Waals surface area contributed by atoms with E-state index >= 15 is 0 Å². The molecule has 2 aromatic rings. The Kier molecular flexibility index (Phi) is 4.99. The largest absolute Gasteiger partial charge is 0.383 e. The molecular weight excluding hydrogens is 294 g/mol. The van der Waals surface area contributed by atoms with Crippen LogP contribution < -0.4 is 0 Å². The number of hydrogen-bond donors (Lipinski definition) is 0. The van der Waals surface area contributed by atoms with E-state index in [4.69, 9.17) is 4.74 Å². The highest BCUT2D eigenvalue weighted by atomic mass is 16.5. The van der Waals surface area contributed by atoms with Crippen LogP contribution in [-0.2, 0) is 4.74 Å². The number of ether oxygens (including phenoxy) is 1. The molecule has 23 heavy (non-hydrogen) atoms. The number of hydrogen-bond acceptors (Lipinski definition) is 5. The van der Waals surface area contributed by atoms with E-state index in [1.54, 1.807) is 24.2 Å². The Hall–Kier alpha value is -2.25. The topological polar surface area (TPSA) is 63.5 Å². The summed E-state index contributed by atoms with van der Waals surface area (Å²) in [6.07, 6.45) is 5.14. The van der Waals surface area contributed by atoms with Crippen molar-refractivity contribution in [1.29, 1.82) is 0 Å². The van der Waals surface area contributed by atoms with Gasteiger partial charge in [0.2, 0.25) is 0 Å². The lowest BCUT2D eigenvalue weighted by atomic mass is 10.2. The molecule has 7 nitrogen and oxygen atoms in total. The van der Waals surface area contributed by atoms with Gasteiger partial charge in [0.15, 0.2) is 5.82 Å². The maximum absolute atomic E-state index is 12.5. The summed E-state index contributed by atoms with van der Waals surface area (Å²) in [5.74, 6) is 0.742. The van der Waals surface area contributed by atoms with Gasteiger partial charge < -0.3 is 9.64 Å². The molecule has 2 aromatic heterocycles. The van der Waals surface area contributed by atoms with Crippen molar-refractivity contribution in [3.8, 4) is 5.82 Å². The summed E-state index contributed by atoms with van der Waals surface area (Å²) < 4.78 is 6.76. The van der Waals surface area contributed by atoms with Crippen molar-refractivity contribution in [2.75, 3.05) is 46.4 Å². The zero-order chi connectivity index (χ0) is 16.1. The molecule has 0 atom stereocenters. The molecule has 1 saturated heterocycles. The third kappa shape index (κ3) is 3.75. The maximum atomic E-state index is 12.5. The first-order valence-electron chi connectivity index (χ1n) is 7.74. The lowest BCUT2D eigenvalue weighted by Gasteiger charge is -2.34. The Bertz CT molecular complexity index is 618. The van der Waals surface area contributed by atoms with E-state index in [-0.39, 0.29) is 5.91 Å². The summed E-state index contributed by atoms with van der Waals surface area (Å²) in [5.41, 5.74) is 0.617. The summed E-state index contributed by atoms with van der Waals surface area (Å²) in [6.45, 7) is 4.89. The van der Waals surface area contributed by atoms with Crippen LogP contribution in [0.15, 0.2) is 36.8 Å². The van der Waals surface area contributed by atoms with E-state index in [2.05, 4.69) is 15.0 Å². The van der Waals surface area contributed by atoms with Crippen molar-refractivity contribution in [3.05, 3.63) is 42.4 Å². The summed E-state index contributed by atoms with van der Waals surface area (Å²) in [6, 6.07) is 5.46. The number of piperazine rings is 1. The minimum Gasteiger partial charge on any atom is -0.383 e. The van der Waals surface area contributed by atoms with Gasteiger partial charge in [-0.25, -0.2) is 9.67 Å². The second kappa shape index (κ2) is 7.34. The lowest BCUT2D eigenvalue weighted by Crippen LogP contribution is -2.49.